The van der Waals surface area contributed by atoms with Crippen LogP contribution in [0.15, 0.2) is 0 Å². The standard InChI is InChI=1S/C4H8Cl3NO/c1-3(9)8(2)4(5,6)7/h3,9H,1-2H3. The lowest BCUT2D eigenvalue weighted by molar-refractivity contribution is 0.0360. The van der Waals surface area contributed by atoms with E-state index in [2.05, 4.69) is 0 Å². The molecule has 0 rings (SSSR count). The summed E-state index contributed by atoms with van der Waals surface area (Å²) in [5, 5.41) is 8.83. The van der Waals surface area contributed by atoms with Gasteiger partial charge >= 0.3 is 0 Å². The number of rotatable bonds is 1. The van der Waals surface area contributed by atoms with E-state index in [0.29, 0.717) is 0 Å². The topological polar surface area (TPSA) is 23.5 Å². The molecule has 0 aromatic carbocycles. The molecule has 0 aliphatic rings. The summed E-state index contributed by atoms with van der Waals surface area (Å²) in [4.78, 5) is 1.21. The van der Waals surface area contributed by atoms with Crippen LogP contribution in [-0.2, 0) is 0 Å². The molecule has 1 atom stereocenters. The van der Waals surface area contributed by atoms with Crippen molar-refractivity contribution in [3.63, 3.8) is 0 Å². The Morgan fingerprint density at radius 2 is 1.78 bits per heavy atom. The van der Waals surface area contributed by atoms with E-state index in [0.717, 1.165) is 0 Å². The van der Waals surface area contributed by atoms with Gasteiger partial charge in [-0.2, -0.15) is 0 Å². The Bertz CT molecular complexity index is 90.3. The number of aliphatic hydroxyl groups excluding tert-OH is 1. The summed E-state index contributed by atoms with van der Waals surface area (Å²) in [5.41, 5.74) is 0. The highest BCUT2D eigenvalue weighted by Gasteiger charge is 2.28. The zero-order chi connectivity index (χ0) is 7.65. The molecule has 0 aromatic rings. The van der Waals surface area contributed by atoms with Gasteiger partial charge in [-0.1, -0.05) is 34.8 Å². The first kappa shape index (κ1) is 9.79. The lowest BCUT2D eigenvalue weighted by atomic mass is 10.6. The second-order valence-electron chi connectivity index (χ2n) is 1.71. The van der Waals surface area contributed by atoms with E-state index in [1.807, 2.05) is 0 Å². The van der Waals surface area contributed by atoms with Crippen molar-refractivity contribution in [1.82, 2.24) is 4.90 Å². The van der Waals surface area contributed by atoms with Crippen molar-refractivity contribution in [3.05, 3.63) is 0 Å². The second-order valence-corrected chi connectivity index (χ2v) is 3.93. The summed E-state index contributed by atoms with van der Waals surface area (Å²) >= 11 is 16.1. The first-order valence-corrected chi connectivity index (χ1v) is 3.47. The molecule has 5 heteroatoms. The van der Waals surface area contributed by atoms with Crippen LogP contribution < -0.4 is 0 Å². The maximum Gasteiger partial charge on any atom is 0.249 e. The van der Waals surface area contributed by atoms with Crippen molar-refractivity contribution >= 4 is 34.8 Å². The van der Waals surface area contributed by atoms with Crippen LogP contribution in [0.3, 0.4) is 0 Å². The van der Waals surface area contributed by atoms with E-state index in [-0.39, 0.29) is 0 Å². The van der Waals surface area contributed by atoms with Crippen LogP contribution in [0.25, 0.3) is 0 Å². The van der Waals surface area contributed by atoms with E-state index in [1.54, 1.807) is 0 Å². The van der Waals surface area contributed by atoms with Crippen molar-refractivity contribution in [2.45, 2.75) is 17.1 Å². The van der Waals surface area contributed by atoms with Gasteiger partial charge in [0.2, 0.25) is 3.92 Å². The van der Waals surface area contributed by atoms with Crippen LogP contribution in [0.2, 0.25) is 0 Å². The fourth-order valence-corrected chi connectivity index (χ4v) is 0.636. The number of hydrogen-bond acceptors (Lipinski definition) is 2. The largest absolute Gasteiger partial charge is 0.379 e. The highest BCUT2D eigenvalue weighted by atomic mass is 35.6. The SMILES string of the molecule is CC(O)N(C)C(Cl)(Cl)Cl. The molecular formula is C4H8Cl3NO. The molecule has 0 aromatic heterocycles. The third kappa shape index (κ3) is 3.48. The number of aliphatic hydroxyl groups is 1. The van der Waals surface area contributed by atoms with Crippen LogP contribution in [0.1, 0.15) is 6.92 Å². The van der Waals surface area contributed by atoms with Gasteiger partial charge < -0.3 is 5.11 Å². The first-order chi connectivity index (χ1) is 3.85. The van der Waals surface area contributed by atoms with Crippen molar-refractivity contribution in [2.24, 2.45) is 0 Å². The number of alkyl halides is 3. The first-order valence-electron chi connectivity index (χ1n) is 2.33. The van der Waals surface area contributed by atoms with E-state index in [1.165, 1.54) is 18.9 Å². The summed E-state index contributed by atoms with van der Waals surface area (Å²) in [6.45, 7) is 1.52. The smallest absolute Gasteiger partial charge is 0.249 e. The van der Waals surface area contributed by atoms with E-state index in [4.69, 9.17) is 39.9 Å². The normalized spacial score (nSPS) is 16.3. The Morgan fingerprint density at radius 3 is 1.78 bits per heavy atom. The zero-order valence-corrected chi connectivity index (χ0v) is 7.37. The van der Waals surface area contributed by atoms with Gasteiger partial charge in [0.15, 0.2) is 0 Å². The molecule has 0 aliphatic carbocycles. The minimum atomic E-state index is -1.52. The summed E-state index contributed by atoms with van der Waals surface area (Å²) in [6, 6.07) is 0. The Labute approximate surface area is 69.3 Å². The van der Waals surface area contributed by atoms with Gasteiger partial charge in [0.25, 0.3) is 0 Å². The van der Waals surface area contributed by atoms with E-state index in [9.17, 15) is 0 Å². The van der Waals surface area contributed by atoms with Crippen LogP contribution in [0.5, 0.6) is 0 Å². The van der Waals surface area contributed by atoms with Gasteiger partial charge in [-0.15, -0.1) is 0 Å². The van der Waals surface area contributed by atoms with Crippen molar-refractivity contribution in [1.29, 1.82) is 0 Å². The predicted molar refractivity (Wildman–Crippen MR) is 39.7 cm³/mol. The number of halogens is 3. The molecule has 0 saturated carbocycles. The van der Waals surface area contributed by atoms with Crippen molar-refractivity contribution in [2.75, 3.05) is 7.05 Å². The summed E-state index contributed by atoms with van der Waals surface area (Å²) in [7, 11) is 1.51. The van der Waals surface area contributed by atoms with Gasteiger partial charge in [0, 0.05) is 0 Å². The van der Waals surface area contributed by atoms with E-state index < -0.39 is 10.1 Å². The van der Waals surface area contributed by atoms with Crippen molar-refractivity contribution < 1.29 is 5.11 Å². The molecule has 1 N–H and O–H groups in total. The molecule has 0 aliphatic heterocycles. The van der Waals surface area contributed by atoms with Crippen LogP contribution in [-0.4, -0.2) is 27.2 Å². The van der Waals surface area contributed by atoms with Gasteiger partial charge in [0.1, 0.15) is 6.23 Å². The molecular weight excluding hydrogens is 184 g/mol. The Morgan fingerprint density at radius 1 is 1.44 bits per heavy atom. The molecule has 1 unspecified atom stereocenters. The van der Waals surface area contributed by atoms with Gasteiger partial charge in [-0.25, -0.2) is 4.90 Å². The number of hydrogen-bond donors (Lipinski definition) is 1. The maximum absolute atomic E-state index is 8.83. The van der Waals surface area contributed by atoms with Crippen LogP contribution >= 0.6 is 34.8 Å². The van der Waals surface area contributed by atoms with E-state index >= 15 is 0 Å². The third-order valence-electron chi connectivity index (χ3n) is 0.960. The quantitative estimate of drug-likeness (QED) is 0.387. The lowest BCUT2D eigenvalue weighted by Crippen LogP contribution is -2.38. The molecule has 0 saturated heterocycles. The molecule has 9 heavy (non-hydrogen) atoms. The summed E-state index contributed by atoms with van der Waals surface area (Å²) < 4.78 is -1.52. The zero-order valence-electron chi connectivity index (χ0n) is 5.11. The summed E-state index contributed by atoms with van der Waals surface area (Å²) in [5.74, 6) is 0. The molecule has 0 fully saturated rings. The average molecular weight is 192 g/mol. The molecule has 0 heterocycles. The fraction of sp³-hybridized carbons (Fsp3) is 1.00. The Balaban J connectivity index is 3.88. The molecule has 0 bridgehead atoms. The highest BCUT2D eigenvalue weighted by Crippen LogP contribution is 2.30. The van der Waals surface area contributed by atoms with Crippen LogP contribution in [0.4, 0.5) is 0 Å². The molecule has 2 nitrogen and oxygen atoms in total. The predicted octanol–water partition coefficient (Wildman–Crippen LogP) is 1.58. The molecule has 0 spiro atoms. The molecule has 0 amide bonds. The summed E-state index contributed by atoms with van der Waals surface area (Å²) in [6.07, 6.45) is -0.752. The van der Waals surface area contributed by atoms with Crippen molar-refractivity contribution in [3.8, 4) is 0 Å². The Kier molecular flexibility index (Phi) is 3.55. The van der Waals surface area contributed by atoms with Gasteiger partial charge in [-0.3, -0.25) is 0 Å². The lowest BCUT2D eigenvalue weighted by Gasteiger charge is -2.26. The monoisotopic (exact) mass is 191 g/mol. The fourth-order valence-electron chi connectivity index (χ4n) is 0.212. The third-order valence-corrected chi connectivity index (χ3v) is 1.76. The highest BCUT2D eigenvalue weighted by molar-refractivity contribution is 6.67. The second kappa shape index (κ2) is 3.26. The average Bonchev–Trinajstić information content (AvgIpc) is 1.62. The minimum absolute atomic E-state index is 0.752. The molecule has 0 radical (unpaired) electrons. The molecule has 56 valence electrons. The van der Waals surface area contributed by atoms with Crippen LogP contribution in [0, 0.1) is 0 Å². The van der Waals surface area contributed by atoms with Gasteiger partial charge in [-0.05, 0) is 14.0 Å². The minimum Gasteiger partial charge on any atom is -0.379 e. The Hall–Kier alpha value is 0.790. The maximum atomic E-state index is 8.83. The van der Waals surface area contributed by atoms with Gasteiger partial charge in [0.05, 0.1) is 0 Å². The number of nitrogens with zero attached hydrogens (tertiary/aromatic N) is 1.